The molecule has 0 radical (unpaired) electrons. The summed E-state index contributed by atoms with van der Waals surface area (Å²) < 4.78 is 22.8. The van der Waals surface area contributed by atoms with Crippen molar-refractivity contribution in [2.24, 2.45) is 0 Å². The van der Waals surface area contributed by atoms with Crippen molar-refractivity contribution in [2.45, 2.75) is 18.7 Å². The lowest BCUT2D eigenvalue weighted by molar-refractivity contribution is -0.144. The first-order valence-corrected chi connectivity index (χ1v) is 7.90. The van der Waals surface area contributed by atoms with Crippen molar-refractivity contribution in [1.29, 1.82) is 0 Å². The second-order valence-electron chi connectivity index (χ2n) is 4.55. The zero-order chi connectivity index (χ0) is 15.3. The van der Waals surface area contributed by atoms with Crippen molar-refractivity contribution in [3.8, 4) is 0 Å². The summed E-state index contributed by atoms with van der Waals surface area (Å²) in [4.78, 5) is 24.0. The third kappa shape index (κ3) is 4.65. The first-order chi connectivity index (χ1) is 9.21. The summed E-state index contributed by atoms with van der Waals surface area (Å²) in [5.41, 5.74) is 0.739. The molecule has 1 amide bonds. The largest absolute Gasteiger partial charge is 0.480 e. The maximum Gasteiger partial charge on any atom is 0.323 e. The maximum absolute atomic E-state index is 12.1. The second-order valence-corrected chi connectivity index (χ2v) is 6.91. The highest BCUT2D eigenvalue weighted by Crippen LogP contribution is 2.09. The average molecular weight is 299 g/mol. The standard InChI is InChI=1S/C13H17NO5S/c1-10(20(2,18)19)13(17)14(9-12(15)16)8-11-6-4-3-5-7-11/h3-7,10H,8-9H2,1-2H3,(H,15,16). The van der Waals surface area contributed by atoms with Crippen LogP contribution in [0.4, 0.5) is 0 Å². The Labute approximate surface area is 117 Å². The van der Waals surface area contributed by atoms with Crippen LogP contribution in [0.15, 0.2) is 30.3 Å². The minimum Gasteiger partial charge on any atom is -0.480 e. The maximum atomic E-state index is 12.1. The SMILES string of the molecule is CC(C(=O)N(CC(=O)O)Cc1ccccc1)S(C)(=O)=O. The Morgan fingerprint density at radius 2 is 1.80 bits per heavy atom. The highest BCUT2D eigenvalue weighted by molar-refractivity contribution is 7.92. The van der Waals surface area contributed by atoms with Crippen molar-refractivity contribution in [2.75, 3.05) is 12.8 Å². The number of carbonyl (C=O) groups is 2. The number of nitrogens with zero attached hydrogens (tertiary/aromatic N) is 1. The Kier molecular flexibility index (Phi) is 5.26. The summed E-state index contributed by atoms with van der Waals surface area (Å²) in [6.45, 7) is 0.789. The van der Waals surface area contributed by atoms with Gasteiger partial charge in [0.05, 0.1) is 0 Å². The van der Waals surface area contributed by atoms with E-state index in [1.165, 1.54) is 6.92 Å². The molecule has 20 heavy (non-hydrogen) atoms. The molecule has 0 aliphatic carbocycles. The molecule has 6 nitrogen and oxygen atoms in total. The fourth-order valence-corrected chi connectivity index (χ4v) is 2.13. The molecule has 0 saturated carbocycles. The van der Waals surface area contributed by atoms with E-state index in [1.807, 2.05) is 0 Å². The van der Waals surface area contributed by atoms with Crippen LogP contribution >= 0.6 is 0 Å². The predicted octanol–water partition coefficient (Wildman–Crippen LogP) is 0.533. The fourth-order valence-electron chi connectivity index (χ4n) is 1.62. The van der Waals surface area contributed by atoms with E-state index in [1.54, 1.807) is 30.3 Å². The Morgan fingerprint density at radius 3 is 2.25 bits per heavy atom. The van der Waals surface area contributed by atoms with Crippen LogP contribution in [0.5, 0.6) is 0 Å². The molecular weight excluding hydrogens is 282 g/mol. The molecule has 110 valence electrons. The van der Waals surface area contributed by atoms with Crippen LogP contribution in [0.1, 0.15) is 12.5 Å². The zero-order valence-electron chi connectivity index (χ0n) is 11.3. The number of amides is 1. The number of sulfone groups is 1. The summed E-state index contributed by atoms with van der Waals surface area (Å²) in [5, 5.41) is 7.59. The molecule has 0 aliphatic heterocycles. The monoisotopic (exact) mass is 299 g/mol. The summed E-state index contributed by atoms with van der Waals surface area (Å²) >= 11 is 0. The number of aliphatic carboxylic acids is 1. The van der Waals surface area contributed by atoms with Crippen molar-refractivity contribution in [3.63, 3.8) is 0 Å². The molecule has 0 fully saturated rings. The Balaban J connectivity index is 2.95. The van der Waals surface area contributed by atoms with Crippen molar-refractivity contribution < 1.29 is 23.1 Å². The van der Waals surface area contributed by atoms with Gasteiger partial charge in [-0.05, 0) is 12.5 Å². The van der Waals surface area contributed by atoms with E-state index in [2.05, 4.69) is 0 Å². The lowest BCUT2D eigenvalue weighted by Crippen LogP contribution is -2.43. The van der Waals surface area contributed by atoms with E-state index in [4.69, 9.17) is 5.11 Å². The van der Waals surface area contributed by atoms with Gasteiger partial charge in [0.1, 0.15) is 11.8 Å². The normalized spacial score (nSPS) is 12.7. The summed E-state index contributed by atoms with van der Waals surface area (Å²) in [6.07, 6.45) is 0.955. The summed E-state index contributed by atoms with van der Waals surface area (Å²) in [5.74, 6) is -1.89. The molecular formula is C13H17NO5S. The van der Waals surface area contributed by atoms with Gasteiger partial charge >= 0.3 is 5.97 Å². The second kappa shape index (κ2) is 6.51. The summed E-state index contributed by atoms with van der Waals surface area (Å²) in [6, 6.07) is 8.81. The minimum absolute atomic E-state index is 0.0613. The number of carbonyl (C=O) groups excluding carboxylic acids is 1. The molecule has 0 aromatic heterocycles. The Hall–Kier alpha value is -1.89. The van der Waals surface area contributed by atoms with Crippen LogP contribution < -0.4 is 0 Å². The topological polar surface area (TPSA) is 91.8 Å². The van der Waals surface area contributed by atoms with Crippen molar-refractivity contribution >= 4 is 21.7 Å². The Morgan fingerprint density at radius 1 is 1.25 bits per heavy atom. The number of carboxylic acids is 1. The fraction of sp³-hybridized carbons (Fsp3) is 0.385. The molecule has 1 unspecified atom stereocenters. The molecule has 0 aliphatic rings. The van der Waals surface area contributed by atoms with Crippen LogP contribution in [-0.4, -0.2) is 48.4 Å². The molecule has 0 spiro atoms. The van der Waals surface area contributed by atoms with Gasteiger partial charge in [0.15, 0.2) is 9.84 Å². The van der Waals surface area contributed by atoms with Crippen LogP contribution in [0.2, 0.25) is 0 Å². The molecule has 0 heterocycles. The summed E-state index contributed by atoms with van der Waals surface area (Å²) in [7, 11) is -3.56. The third-order valence-electron chi connectivity index (χ3n) is 2.84. The van der Waals surface area contributed by atoms with Crippen molar-refractivity contribution in [3.05, 3.63) is 35.9 Å². The molecule has 1 aromatic rings. The van der Waals surface area contributed by atoms with Crippen LogP contribution in [0, 0.1) is 0 Å². The van der Waals surface area contributed by atoms with E-state index in [9.17, 15) is 18.0 Å². The van der Waals surface area contributed by atoms with Crippen LogP contribution in [0.3, 0.4) is 0 Å². The molecule has 1 atom stereocenters. The van der Waals surface area contributed by atoms with E-state index >= 15 is 0 Å². The van der Waals surface area contributed by atoms with E-state index in [0.29, 0.717) is 0 Å². The molecule has 1 N–H and O–H groups in total. The number of hydrogen-bond donors (Lipinski definition) is 1. The van der Waals surface area contributed by atoms with E-state index < -0.39 is 33.5 Å². The first kappa shape index (κ1) is 16.2. The van der Waals surface area contributed by atoms with Gasteiger partial charge in [-0.25, -0.2) is 8.42 Å². The van der Waals surface area contributed by atoms with Gasteiger partial charge in [-0.15, -0.1) is 0 Å². The van der Waals surface area contributed by atoms with Crippen LogP contribution in [0.25, 0.3) is 0 Å². The average Bonchev–Trinajstić information content (AvgIpc) is 2.36. The molecule has 7 heteroatoms. The van der Waals surface area contributed by atoms with Gasteiger partial charge in [0, 0.05) is 12.8 Å². The lowest BCUT2D eigenvalue weighted by atomic mass is 10.2. The first-order valence-electron chi connectivity index (χ1n) is 5.95. The van der Waals surface area contributed by atoms with E-state index in [0.717, 1.165) is 16.7 Å². The number of carboxylic acid groups (broad SMARTS) is 1. The minimum atomic E-state index is -3.56. The zero-order valence-corrected chi connectivity index (χ0v) is 12.1. The number of hydrogen-bond acceptors (Lipinski definition) is 4. The van der Waals surface area contributed by atoms with Gasteiger partial charge in [-0.2, -0.15) is 0 Å². The molecule has 0 saturated heterocycles. The van der Waals surface area contributed by atoms with Gasteiger partial charge in [-0.1, -0.05) is 30.3 Å². The lowest BCUT2D eigenvalue weighted by Gasteiger charge is -2.23. The molecule has 1 aromatic carbocycles. The number of rotatable bonds is 6. The molecule has 0 bridgehead atoms. The highest BCUT2D eigenvalue weighted by atomic mass is 32.2. The van der Waals surface area contributed by atoms with Crippen molar-refractivity contribution in [1.82, 2.24) is 4.90 Å². The third-order valence-corrected chi connectivity index (χ3v) is 4.33. The Bertz CT molecular complexity index is 582. The van der Waals surface area contributed by atoms with Gasteiger partial charge in [0.25, 0.3) is 0 Å². The smallest absolute Gasteiger partial charge is 0.323 e. The predicted molar refractivity (Wildman–Crippen MR) is 73.8 cm³/mol. The van der Waals surface area contributed by atoms with Gasteiger partial charge in [-0.3, -0.25) is 9.59 Å². The van der Waals surface area contributed by atoms with Crippen LogP contribution in [-0.2, 0) is 26.0 Å². The quantitative estimate of drug-likeness (QED) is 0.827. The van der Waals surface area contributed by atoms with Gasteiger partial charge < -0.3 is 10.0 Å². The number of benzene rings is 1. The van der Waals surface area contributed by atoms with Gasteiger partial charge in [0.2, 0.25) is 5.91 Å². The molecule has 1 rings (SSSR count). The van der Waals surface area contributed by atoms with E-state index in [-0.39, 0.29) is 6.54 Å². The highest BCUT2D eigenvalue weighted by Gasteiger charge is 2.29.